The molecule has 0 bridgehead atoms. The molecule has 0 aliphatic rings. The number of para-hydroxylation sites is 1. The molecule has 0 fully saturated rings. The quantitative estimate of drug-likeness (QED) is 0.305. The first-order valence-corrected chi connectivity index (χ1v) is 11.8. The lowest BCUT2D eigenvalue weighted by molar-refractivity contribution is 0.405. The van der Waals surface area contributed by atoms with Crippen molar-refractivity contribution < 1.29 is 9.84 Å². The Morgan fingerprint density at radius 3 is 1.90 bits per heavy atom. The summed E-state index contributed by atoms with van der Waals surface area (Å²) >= 11 is 0. The third-order valence-electron chi connectivity index (χ3n) is 5.60. The van der Waals surface area contributed by atoms with Gasteiger partial charge in [-0.3, -0.25) is 0 Å². The molecule has 0 spiro atoms. The van der Waals surface area contributed by atoms with Gasteiger partial charge < -0.3 is 9.84 Å². The Balaban J connectivity index is 1.88. The molecule has 0 saturated carbocycles. The number of aromatic hydroxyl groups is 1. The molecule has 160 valence electrons. The van der Waals surface area contributed by atoms with Crippen molar-refractivity contribution >= 4 is 0 Å². The molecule has 0 amide bonds. The van der Waals surface area contributed by atoms with E-state index in [0.717, 1.165) is 31.4 Å². The van der Waals surface area contributed by atoms with Crippen LogP contribution in [0, 0.1) is 0 Å². The smallest absolute Gasteiger partial charge is 0.172 e. The molecule has 0 aromatic heterocycles. The third kappa shape index (κ3) is 8.51. The Kier molecular flexibility index (Phi) is 11.3. The Morgan fingerprint density at radius 2 is 1.28 bits per heavy atom. The lowest BCUT2D eigenvalue weighted by atomic mass is 9.96. The maximum Gasteiger partial charge on any atom is 0.172 e. The summed E-state index contributed by atoms with van der Waals surface area (Å²) in [6.07, 6.45) is 16.4. The molecule has 2 heteroatoms. The zero-order chi connectivity index (χ0) is 20.7. The molecule has 2 aromatic carbocycles. The molecule has 0 radical (unpaired) electrons. The largest absolute Gasteiger partial charge is 0.504 e. The highest BCUT2D eigenvalue weighted by Crippen LogP contribution is 2.37. The monoisotopic (exact) mass is 396 g/mol. The molecule has 0 saturated heterocycles. The lowest BCUT2D eigenvalue weighted by Gasteiger charge is -2.17. The van der Waals surface area contributed by atoms with Crippen LogP contribution in [0.5, 0.6) is 17.2 Å². The van der Waals surface area contributed by atoms with Crippen LogP contribution in [0.4, 0.5) is 0 Å². The number of hydrogen-bond acceptors (Lipinski definition) is 2. The summed E-state index contributed by atoms with van der Waals surface area (Å²) in [4.78, 5) is 0. The van der Waals surface area contributed by atoms with Crippen molar-refractivity contribution in [3.05, 3.63) is 53.6 Å². The Hall–Kier alpha value is -1.96. The van der Waals surface area contributed by atoms with E-state index in [4.69, 9.17) is 4.74 Å². The Morgan fingerprint density at radius 1 is 0.655 bits per heavy atom. The van der Waals surface area contributed by atoms with E-state index in [1.54, 1.807) is 6.07 Å². The fraction of sp³-hybridized carbons (Fsp3) is 0.556. The summed E-state index contributed by atoms with van der Waals surface area (Å²) in [6.45, 7) is 4.48. The minimum absolute atomic E-state index is 0.246. The average molecular weight is 397 g/mol. The number of aryl methyl sites for hydroxylation is 1. The number of phenolic OH excluding ortho intramolecular Hbond substituents is 1. The van der Waals surface area contributed by atoms with E-state index < -0.39 is 0 Å². The van der Waals surface area contributed by atoms with E-state index >= 15 is 0 Å². The molecule has 1 N–H and O–H groups in total. The summed E-state index contributed by atoms with van der Waals surface area (Å²) in [6, 6.07) is 13.6. The first kappa shape index (κ1) is 23.3. The van der Waals surface area contributed by atoms with E-state index in [2.05, 4.69) is 19.9 Å². The second-order valence-corrected chi connectivity index (χ2v) is 8.15. The van der Waals surface area contributed by atoms with Crippen molar-refractivity contribution in [1.82, 2.24) is 0 Å². The molecule has 29 heavy (non-hydrogen) atoms. The zero-order valence-electron chi connectivity index (χ0n) is 18.6. The molecule has 2 aromatic rings. The normalized spacial score (nSPS) is 11.0. The van der Waals surface area contributed by atoms with Crippen LogP contribution < -0.4 is 4.74 Å². The maximum atomic E-state index is 10.5. The summed E-state index contributed by atoms with van der Waals surface area (Å²) in [5.41, 5.74) is 2.50. The number of hydrogen-bond donors (Lipinski definition) is 1. The lowest BCUT2D eigenvalue weighted by Crippen LogP contribution is -1.99. The van der Waals surface area contributed by atoms with Gasteiger partial charge in [-0.1, -0.05) is 102 Å². The van der Waals surface area contributed by atoms with E-state index in [9.17, 15) is 5.11 Å². The topological polar surface area (TPSA) is 29.5 Å². The SMILES string of the molecule is CCCCCCCCCCCCc1c(CCC)ccc(O)c1Oc1ccccc1. The number of phenols is 1. The molecule has 2 rings (SSSR count). The number of ether oxygens (including phenoxy) is 1. The fourth-order valence-electron chi connectivity index (χ4n) is 3.94. The van der Waals surface area contributed by atoms with Gasteiger partial charge in [-0.15, -0.1) is 0 Å². The van der Waals surface area contributed by atoms with Crippen LogP contribution in [0.2, 0.25) is 0 Å². The van der Waals surface area contributed by atoms with Crippen LogP contribution in [-0.4, -0.2) is 5.11 Å². The molecule has 0 atom stereocenters. The van der Waals surface area contributed by atoms with Crippen molar-refractivity contribution in [2.45, 2.75) is 97.3 Å². The summed E-state index contributed by atoms with van der Waals surface area (Å²) in [7, 11) is 0. The predicted octanol–water partition coefficient (Wildman–Crippen LogP) is 8.60. The van der Waals surface area contributed by atoms with Gasteiger partial charge in [0.15, 0.2) is 11.5 Å². The van der Waals surface area contributed by atoms with Crippen molar-refractivity contribution in [2.75, 3.05) is 0 Å². The Labute approximate surface area is 178 Å². The van der Waals surface area contributed by atoms with Crippen LogP contribution in [-0.2, 0) is 12.8 Å². The second-order valence-electron chi connectivity index (χ2n) is 8.15. The number of rotatable bonds is 15. The number of unbranched alkanes of at least 4 members (excludes halogenated alkanes) is 9. The minimum Gasteiger partial charge on any atom is -0.504 e. The van der Waals surface area contributed by atoms with Gasteiger partial charge in [0.2, 0.25) is 0 Å². The van der Waals surface area contributed by atoms with Crippen molar-refractivity contribution in [1.29, 1.82) is 0 Å². The molecule has 0 aliphatic carbocycles. The van der Waals surface area contributed by atoms with Crippen LogP contribution in [0.1, 0.15) is 95.6 Å². The molecule has 0 unspecified atom stereocenters. The van der Waals surface area contributed by atoms with Gasteiger partial charge >= 0.3 is 0 Å². The number of benzene rings is 2. The van der Waals surface area contributed by atoms with Gasteiger partial charge in [0.05, 0.1) is 0 Å². The molecule has 0 aliphatic heterocycles. The van der Waals surface area contributed by atoms with E-state index in [-0.39, 0.29) is 5.75 Å². The van der Waals surface area contributed by atoms with Gasteiger partial charge in [-0.25, -0.2) is 0 Å². The summed E-state index contributed by atoms with van der Waals surface area (Å²) < 4.78 is 6.12. The van der Waals surface area contributed by atoms with Crippen molar-refractivity contribution in [2.24, 2.45) is 0 Å². The predicted molar refractivity (Wildman–Crippen MR) is 124 cm³/mol. The van der Waals surface area contributed by atoms with E-state index in [1.807, 2.05) is 30.3 Å². The highest BCUT2D eigenvalue weighted by atomic mass is 16.5. The fourth-order valence-corrected chi connectivity index (χ4v) is 3.94. The summed E-state index contributed by atoms with van der Waals surface area (Å²) in [5.74, 6) is 1.68. The molecule has 0 heterocycles. The molecular formula is C27H40O2. The standard InChI is InChI=1S/C27H40O2/c1-3-5-6-7-8-9-10-11-12-16-20-25-23(17-4-2)21-22-26(28)27(25)29-24-18-14-13-15-19-24/h13-15,18-19,21-22,28H,3-12,16-17,20H2,1-2H3. The maximum absolute atomic E-state index is 10.5. The molecule has 2 nitrogen and oxygen atoms in total. The van der Waals surface area contributed by atoms with Gasteiger partial charge in [-0.05, 0) is 43.0 Å². The first-order chi connectivity index (χ1) is 14.3. The Bertz CT molecular complexity index is 678. The third-order valence-corrected chi connectivity index (χ3v) is 5.60. The van der Waals surface area contributed by atoms with Gasteiger partial charge in [0.1, 0.15) is 5.75 Å². The van der Waals surface area contributed by atoms with Crippen molar-refractivity contribution in [3.63, 3.8) is 0 Å². The highest BCUT2D eigenvalue weighted by Gasteiger charge is 2.15. The van der Waals surface area contributed by atoms with Gasteiger partial charge in [-0.2, -0.15) is 0 Å². The van der Waals surface area contributed by atoms with Crippen LogP contribution >= 0.6 is 0 Å². The van der Waals surface area contributed by atoms with Gasteiger partial charge in [0, 0.05) is 5.56 Å². The van der Waals surface area contributed by atoms with Gasteiger partial charge in [0.25, 0.3) is 0 Å². The van der Waals surface area contributed by atoms with Crippen LogP contribution in [0.3, 0.4) is 0 Å². The highest BCUT2D eigenvalue weighted by molar-refractivity contribution is 5.52. The second kappa shape index (κ2) is 14.1. The van der Waals surface area contributed by atoms with E-state index in [1.165, 1.54) is 68.9 Å². The zero-order valence-corrected chi connectivity index (χ0v) is 18.6. The average Bonchev–Trinajstić information content (AvgIpc) is 2.74. The molecular weight excluding hydrogens is 356 g/mol. The summed E-state index contributed by atoms with van der Waals surface area (Å²) in [5, 5.41) is 10.5. The van der Waals surface area contributed by atoms with Crippen LogP contribution in [0.15, 0.2) is 42.5 Å². The first-order valence-electron chi connectivity index (χ1n) is 11.8. The van der Waals surface area contributed by atoms with Crippen molar-refractivity contribution in [3.8, 4) is 17.2 Å². The minimum atomic E-state index is 0.246. The van der Waals surface area contributed by atoms with E-state index in [0.29, 0.717) is 5.75 Å². The van der Waals surface area contributed by atoms with Crippen LogP contribution in [0.25, 0.3) is 0 Å².